The van der Waals surface area contributed by atoms with Gasteiger partial charge in [0.1, 0.15) is 5.82 Å². The van der Waals surface area contributed by atoms with Gasteiger partial charge >= 0.3 is 0 Å². The average molecular weight is 299 g/mol. The van der Waals surface area contributed by atoms with E-state index in [1.165, 1.54) is 19.3 Å². The summed E-state index contributed by atoms with van der Waals surface area (Å²) in [5, 5.41) is 0. The molecule has 4 heteroatoms. The van der Waals surface area contributed by atoms with E-state index in [0.717, 1.165) is 44.8 Å². The summed E-state index contributed by atoms with van der Waals surface area (Å²) in [5.41, 5.74) is 0. The predicted molar refractivity (Wildman–Crippen MR) is 86.6 cm³/mol. The van der Waals surface area contributed by atoms with Gasteiger partial charge in [0.25, 0.3) is 0 Å². The standard InChI is InChI=1S/C18H25N3O/c22-18(14-6-2-1-3-7-14)21-12-15-10-20(11-16(15)13-21)17-8-4-5-9-19-17/h4-5,8-9,14-16H,1-3,6-7,10-13H2/t15-,16+. The Hall–Kier alpha value is -1.58. The molecule has 0 bridgehead atoms. The summed E-state index contributed by atoms with van der Waals surface area (Å²) in [6, 6.07) is 6.10. The molecule has 118 valence electrons. The van der Waals surface area contributed by atoms with Crippen molar-refractivity contribution in [2.75, 3.05) is 31.1 Å². The Morgan fingerprint density at radius 1 is 1.00 bits per heavy atom. The molecule has 2 saturated heterocycles. The van der Waals surface area contributed by atoms with Crippen molar-refractivity contribution in [1.29, 1.82) is 0 Å². The number of carbonyl (C=O) groups excluding carboxylic acids is 1. The van der Waals surface area contributed by atoms with Crippen molar-refractivity contribution in [1.82, 2.24) is 9.88 Å². The number of hydrogen-bond donors (Lipinski definition) is 0. The van der Waals surface area contributed by atoms with E-state index in [2.05, 4.69) is 26.9 Å². The molecule has 2 aliphatic heterocycles. The van der Waals surface area contributed by atoms with Gasteiger partial charge in [0.15, 0.2) is 0 Å². The summed E-state index contributed by atoms with van der Waals surface area (Å²) in [6.45, 7) is 4.03. The third-order valence-electron chi connectivity index (χ3n) is 5.73. The van der Waals surface area contributed by atoms with Gasteiger partial charge in [-0.05, 0) is 25.0 Å². The highest BCUT2D eigenvalue weighted by Crippen LogP contribution is 2.35. The Balaban J connectivity index is 1.36. The first-order valence-electron chi connectivity index (χ1n) is 8.76. The Morgan fingerprint density at radius 3 is 2.36 bits per heavy atom. The fourth-order valence-corrected chi connectivity index (χ4v) is 4.51. The monoisotopic (exact) mass is 299 g/mol. The highest BCUT2D eigenvalue weighted by Gasteiger charge is 2.43. The predicted octanol–water partition coefficient (Wildman–Crippen LogP) is 2.56. The lowest BCUT2D eigenvalue weighted by molar-refractivity contribution is -0.135. The van der Waals surface area contributed by atoms with E-state index >= 15 is 0 Å². The van der Waals surface area contributed by atoms with Gasteiger partial charge in [-0.2, -0.15) is 0 Å². The minimum absolute atomic E-state index is 0.319. The van der Waals surface area contributed by atoms with Crippen LogP contribution in [0.1, 0.15) is 32.1 Å². The van der Waals surface area contributed by atoms with Gasteiger partial charge in [0.2, 0.25) is 5.91 Å². The van der Waals surface area contributed by atoms with Crippen molar-refractivity contribution < 1.29 is 4.79 Å². The molecule has 1 amide bonds. The van der Waals surface area contributed by atoms with Crippen LogP contribution < -0.4 is 4.90 Å². The van der Waals surface area contributed by atoms with E-state index < -0.39 is 0 Å². The van der Waals surface area contributed by atoms with E-state index in [4.69, 9.17) is 0 Å². The molecule has 0 unspecified atom stereocenters. The quantitative estimate of drug-likeness (QED) is 0.842. The molecule has 0 aromatic carbocycles. The van der Waals surface area contributed by atoms with E-state index in [-0.39, 0.29) is 0 Å². The molecule has 4 rings (SSSR count). The van der Waals surface area contributed by atoms with Crippen LogP contribution in [-0.4, -0.2) is 42.0 Å². The highest BCUT2D eigenvalue weighted by atomic mass is 16.2. The summed E-state index contributed by atoms with van der Waals surface area (Å²) in [7, 11) is 0. The molecular weight excluding hydrogens is 274 g/mol. The Morgan fingerprint density at radius 2 is 1.73 bits per heavy atom. The number of likely N-dealkylation sites (tertiary alicyclic amines) is 1. The van der Waals surface area contributed by atoms with E-state index in [0.29, 0.717) is 23.7 Å². The van der Waals surface area contributed by atoms with Crippen LogP contribution in [0.2, 0.25) is 0 Å². The van der Waals surface area contributed by atoms with Gasteiger partial charge < -0.3 is 9.80 Å². The molecule has 3 heterocycles. The smallest absolute Gasteiger partial charge is 0.225 e. The summed E-state index contributed by atoms with van der Waals surface area (Å²) in [5.74, 6) is 3.11. The van der Waals surface area contributed by atoms with Gasteiger partial charge in [0, 0.05) is 50.1 Å². The molecular formula is C18H25N3O. The lowest BCUT2D eigenvalue weighted by Gasteiger charge is -2.28. The maximum Gasteiger partial charge on any atom is 0.225 e. The van der Waals surface area contributed by atoms with Gasteiger partial charge in [0.05, 0.1) is 0 Å². The number of pyridine rings is 1. The van der Waals surface area contributed by atoms with Crippen molar-refractivity contribution in [2.24, 2.45) is 17.8 Å². The molecule has 22 heavy (non-hydrogen) atoms. The minimum atomic E-state index is 0.319. The number of rotatable bonds is 2. The van der Waals surface area contributed by atoms with Crippen LogP contribution in [0, 0.1) is 17.8 Å². The number of nitrogens with zero attached hydrogens (tertiary/aromatic N) is 3. The summed E-state index contributed by atoms with van der Waals surface area (Å²) in [4.78, 5) is 21.7. The van der Waals surface area contributed by atoms with Crippen molar-refractivity contribution in [3.8, 4) is 0 Å². The zero-order valence-corrected chi connectivity index (χ0v) is 13.2. The number of hydrogen-bond acceptors (Lipinski definition) is 3. The first kappa shape index (κ1) is 14.0. The lowest BCUT2D eigenvalue weighted by Crippen LogP contribution is -2.38. The third kappa shape index (κ3) is 2.59. The van der Waals surface area contributed by atoms with Gasteiger partial charge in [-0.1, -0.05) is 25.3 Å². The largest absolute Gasteiger partial charge is 0.356 e. The van der Waals surface area contributed by atoms with E-state index in [1.807, 2.05) is 12.3 Å². The van der Waals surface area contributed by atoms with Crippen LogP contribution in [-0.2, 0) is 4.79 Å². The second-order valence-corrected chi connectivity index (χ2v) is 7.19. The molecule has 3 fully saturated rings. The third-order valence-corrected chi connectivity index (χ3v) is 5.73. The number of fused-ring (bicyclic) bond motifs is 1. The molecule has 1 aromatic rings. The number of carbonyl (C=O) groups is 1. The van der Waals surface area contributed by atoms with Crippen LogP contribution in [0.3, 0.4) is 0 Å². The summed E-state index contributed by atoms with van der Waals surface area (Å²) in [6.07, 6.45) is 7.89. The van der Waals surface area contributed by atoms with Gasteiger partial charge in [-0.25, -0.2) is 4.98 Å². The Bertz CT molecular complexity index is 512. The second-order valence-electron chi connectivity index (χ2n) is 7.19. The summed E-state index contributed by atoms with van der Waals surface area (Å²) < 4.78 is 0. The fraction of sp³-hybridized carbons (Fsp3) is 0.667. The molecule has 3 aliphatic rings. The van der Waals surface area contributed by atoms with Crippen molar-refractivity contribution in [3.05, 3.63) is 24.4 Å². The Kier molecular flexibility index (Phi) is 3.77. The normalized spacial score (nSPS) is 28.9. The number of anilines is 1. The lowest BCUT2D eigenvalue weighted by atomic mass is 9.88. The van der Waals surface area contributed by atoms with E-state index in [1.54, 1.807) is 0 Å². The number of aromatic nitrogens is 1. The molecule has 4 nitrogen and oxygen atoms in total. The van der Waals surface area contributed by atoms with Crippen molar-refractivity contribution in [3.63, 3.8) is 0 Å². The zero-order valence-electron chi connectivity index (χ0n) is 13.2. The van der Waals surface area contributed by atoms with Gasteiger partial charge in [-0.15, -0.1) is 0 Å². The molecule has 1 aromatic heterocycles. The topological polar surface area (TPSA) is 36.4 Å². The first-order valence-corrected chi connectivity index (χ1v) is 8.76. The molecule has 2 atom stereocenters. The molecule has 1 aliphatic carbocycles. The van der Waals surface area contributed by atoms with Crippen molar-refractivity contribution >= 4 is 11.7 Å². The van der Waals surface area contributed by atoms with E-state index in [9.17, 15) is 4.79 Å². The molecule has 0 spiro atoms. The van der Waals surface area contributed by atoms with Crippen LogP contribution in [0.5, 0.6) is 0 Å². The fourth-order valence-electron chi connectivity index (χ4n) is 4.51. The molecule has 0 N–H and O–H groups in total. The summed E-state index contributed by atoms with van der Waals surface area (Å²) >= 11 is 0. The molecule has 0 radical (unpaired) electrons. The van der Waals surface area contributed by atoms with Crippen molar-refractivity contribution in [2.45, 2.75) is 32.1 Å². The maximum absolute atomic E-state index is 12.7. The van der Waals surface area contributed by atoms with Crippen LogP contribution >= 0.6 is 0 Å². The van der Waals surface area contributed by atoms with Crippen LogP contribution in [0.4, 0.5) is 5.82 Å². The Labute approximate surface area is 132 Å². The maximum atomic E-state index is 12.7. The SMILES string of the molecule is O=C(C1CCCCC1)N1C[C@@H]2CN(c3ccccn3)C[C@@H]2C1. The van der Waals surface area contributed by atoms with Crippen LogP contribution in [0.25, 0.3) is 0 Å². The number of amides is 1. The zero-order chi connectivity index (χ0) is 14.9. The highest BCUT2D eigenvalue weighted by molar-refractivity contribution is 5.79. The second kappa shape index (κ2) is 5.90. The molecule has 1 saturated carbocycles. The first-order chi connectivity index (χ1) is 10.8. The van der Waals surface area contributed by atoms with Gasteiger partial charge in [-0.3, -0.25) is 4.79 Å². The minimum Gasteiger partial charge on any atom is -0.356 e. The average Bonchev–Trinajstić information content (AvgIpc) is 3.15. The van der Waals surface area contributed by atoms with Crippen LogP contribution in [0.15, 0.2) is 24.4 Å².